The first kappa shape index (κ1) is 12.6. The van der Waals surface area contributed by atoms with Crippen LogP contribution in [0.4, 0.5) is 0 Å². The van der Waals surface area contributed by atoms with Crippen LogP contribution in [0.15, 0.2) is 12.1 Å². The molecule has 0 amide bonds. The Morgan fingerprint density at radius 1 is 1.31 bits per heavy atom. The molecule has 1 aromatic rings. The van der Waals surface area contributed by atoms with Gasteiger partial charge in [0.2, 0.25) is 0 Å². The molecule has 0 aliphatic heterocycles. The molecule has 0 N–H and O–H groups in total. The molecule has 0 saturated carbocycles. The second-order valence-electron chi connectivity index (χ2n) is 3.84. The summed E-state index contributed by atoms with van der Waals surface area (Å²) in [5.41, 5.74) is 2.02. The van der Waals surface area contributed by atoms with Crippen LogP contribution < -0.4 is 9.47 Å². The summed E-state index contributed by atoms with van der Waals surface area (Å²) >= 11 is 0. The fourth-order valence-electron chi connectivity index (χ4n) is 1.87. The molecule has 1 rings (SSSR count). The molecular formula is C13H18O3. The van der Waals surface area contributed by atoms with Gasteiger partial charge in [0, 0.05) is 12.0 Å². The van der Waals surface area contributed by atoms with Crippen LogP contribution in [-0.4, -0.2) is 20.5 Å². The Morgan fingerprint density at radius 3 is 2.50 bits per heavy atom. The quantitative estimate of drug-likeness (QED) is 0.718. The number of methoxy groups -OCH3 is 2. The minimum Gasteiger partial charge on any atom is -0.496 e. The molecule has 0 aliphatic carbocycles. The van der Waals surface area contributed by atoms with Crippen molar-refractivity contribution >= 4 is 6.29 Å². The molecule has 3 heteroatoms. The van der Waals surface area contributed by atoms with Gasteiger partial charge in [-0.15, -0.1) is 0 Å². The van der Waals surface area contributed by atoms with Gasteiger partial charge < -0.3 is 14.3 Å². The summed E-state index contributed by atoms with van der Waals surface area (Å²) in [7, 11) is 3.26. The van der Waals surface area contributed by atoms with E-state index in [4.69, 9.17) is 9.47 Å². The molecule has 0 radical (unpaired) electrons. The fraction of sp³-hybridized carbons (Fsp3) is 0.462. The van der Waals surface area contributed by atoms with Crippen LogP contribution in [0, 0.1) is 6.92 Å². The summed E-state index contributed by atoms with van der Waals surface area (Å²) < 4.78 is 10.7. The molecule has 16 heavy (non-hydrogen) atoms. The molecule has 88 valence electrons. The number of aldehydes is 1. The molecule has 0 spiro atoms. The van der Waals surface area contributed by atoms with Crippen LogP contribution >= 0.6 is 0 Å². The van der Waals surface area contributed by atoms with Crippen LogP contribution in [0.1, 0.15) is 30.4 Å². The van der Waals surface area contributed by atoms with Crippen molar-refractivity contribution in [2.45, 2.75) is 26.2 Å². The Bertz CT molecular complexity index is 372. The van der Waals surface area contributed by atoms with Gasteiger partial charge in [0.05, 0.1) is 14.2 Å². The SMILES string of the molecule is COc1ccc(C)c(OC)c1C(C)CC=O. The minimum absolute atomic E-state index is 0.0994. The summed E-state index contributed by atoms with van der Waals surface area (Å²) in [5.74, 6) is 1.69. The molecule has 1 atom stereocenters. The standard InChI is InChI=1S/C13H18O3/c1-9(7-8-14)12-11(15-3)6-5-10(2)13(12)16-4/h5-6,8-9H,7H2,1-4H3. The largest absolute Gasteiger partial charge is 0.496 e. The summed E-state index contributed by atoms with van der Waals surface area (Å²) in [6.07, 6.45) is 1.39. The summed E-state index contributed by atoms with van der Waals surface area (Å²) in [6.45, 7) is 3.98. The van der Waals surface area contributed by atoms with Crippen LogP contribution in [0.3, 0.4) is 0 Å². The molecule has 1 unspecified atom stereocenters. The van der Waals surface area contributed by atoms with Gasteiger partial charge in [-0.2, -0.15) is 0 Å². The van der Waals surface area contributed by atoms with E-state index in [1.165, 1.54) is 0 Å². The van der Waals surface area contributed by atoms with Crippen molar-refractivity contribution in [3.8, 4) is 11.5 Å². The van der Waals surface area contributed by atoms with E-state index in [0.717, 1.165) is 28.9 Å². The van der Waals surface area contributed by atoms with Gasteiger partial charge in [0.25, 0.3) is 0 Å². The van der Waals surface area contributed by atoms with Crippen molar-refractivity contribution in [2.24, 2.45) is 0 Å². The maximum atomic E-state index is 10.6. The lowest BCUT2D eigenvalue weighted by Crippen LogP contribution is -2.03. The average Bonchev–Trinajstić information content (AvgIpc) is 2.28. The van der Waals surface area contributed by atoms with E-state index in [1.54, 1.807) is 14.2 Å². The fourth-order valence-corrected chi connectivity index (χ4v) is 1.87. The highest BCUT2D eigenvalue weighted by Crippen LogP contribution is 2.38. The zero-order chi connectivity index (χ0) is 12.1. The van der Waals surface area contributed by atoms with Gasteiger partial charge in [0.15, 0.2) is 0 Å². The van der Waals surface area contributed by atoms with Crippen molar-refractivity contribution in [1.29, 1.82) is 0 Å². The van der Waals surface area contributed by atoms with E-state index in [-0.39, 0.29) is 5.92 Å². The first-order valence-electron chi connectivity index (χ1n) is 5.30. The Balaban J connectivity index is 3.29. The van der Waals surface area contributed by atoms with E-state index in [2.05, 4.69) is 0 Å². The van der Waals surface area contributed by atoms with E-state index >= 15 is 0 Å². The van der Waals surface area contributed by atoms with E-state index in [9.17, 15) is 4.79 Å². The van der Waals surface area contributed by atoms with Gasteiger partial charge in [-0.1, -0.05) is 13.0 Å². The molecule has 0 heterocycles. The lowest BCUT2D eigenvalue weighted by atomic mass is 9.94. The first-order valence-corrected chi connectivity index (χ1v) is 5.30. The highest BCUT2D eigenvalue weighted by Gasteiger charge is 2.18. The lowest BCUT2D eigenvalue weighted by molar-refractivity contribution is -0.108. The molecule has 0 aliphatic rings. The van der Waals surface area contributed by atoms with E-state index in [1.807, 2.05) is 26.0 Å². The summed E-state index contributed by atoms with van der Waals surface area (Å²) in [6, 6.07) is 3.86. The molecule has 0 aromatic heterocycles. The Labute approximate surface area is 96.4 Å². The molecule has 0 fully saturated rings. The maximum absolute atomic E-state index is 10.6. The summed E-state index contributed by atoms with van der Waals surface area (Å²) in [5, 5.41) is 0. The van der Waals surface area contributed by atoms with Crippen molar-refractivity contribution < 1.29 is 14.3 Å². The first-order chi connectivity index (χ1) is 7.65. The number of hydrogen-bond donors (Lipinski definition) is 0. The van der Waals surface area contributed by atoms with Gasteiger partial charge in [0.1, 0.15) is 17.8 Å². The van der Waals surface area contributed by atoms with Crippen LogP contribution in [0.25, 0.3) is 0 Å². The van der Waals surface area contributed by atoms with Gasteiger partial charge in [-0.3, -0.25) is 0 Å². The van der Waals surface area contributed by atoms with Crippen molar-refractivity contribution in [3.05, 3.63) is 23.3 Å². The smallest absolute Gasteiger partial charge is 0.128 e. The number of hydrogen-bond acceptors (Lipinski definition) is 3. The third-order valence-corrected chi connectivity index (χ3v) is 2.72. The van der Waals surface area contributed by atoms with Crippen LogP contribution in [0.5, 0.6) is 11.5 Å². The summed E-state index contributed by atoms with van der Waals surface area (Å²) in [4.78, 5) is 10.6. The van der Waals surface area contributed by atoms with E-state index < -0.39 is 0 Å². The number of aryl methyl sites for hydroxylation is 1. The van der Waals surface area contributed by atoms with Crippen molar-refractivity contribution in [1.82, 2.24) is 0 Å². The zero-order valence-corrected chi connectivity index (χ0v) is 10.2. The Morgan fingerprint density at radius 2 is 2.00 bits per heavy atom. The molecule has 0 saturated heterocycles. The molecular weight excluding hydrogens is 204 g/mol. The highest BCUT2D eigenvalue weighted by atomic mass is 16.5. The number of ether oxygens (including phenoxy) is 2. The number of rotatable bonds is 5. The zero-order valence-electron chi connectivity index (χ0n) is 10.2. The number of carbonyl (C=O) groups excluding carboxylic acids is 1. The molecule has 3 nitrogen and oxygen atoms in total. The maximum Gasteiger partial charge on any atom is 0.128 e. The topological polar surface area (TPSA) is 35.5 Å². The van der Waals surface area contributed by atoms with Gasteiger partial charge in [-0.05, 0) is 24.5 Å². The number of benzene rings is 1. The van der Waals surface area contributed by atoms with Crippen molar-refractivity contribution in [3.63, 3.8) is 0 Å². The van der Waals surface area contributed by atoms with Crippen LogP contribution in [-0.2, 0) is 4.79 Å². The predicted molar refractivity (Wildman–Crippen MR) is 63.4 cm³/mol. The number of carbonyl (C=O) groups is 1. The third kappa shape index (κ3) is 2.35. The molecule has 1 aromatic carbocycles. The molecule has 0 bridgehead atoms. The van der Waals surface area contributed by atoms with Gasteiger partial charge in [-0.25, -0.2) is 0 Å². The Hall–Kier alpha value is -1.51. The monoisotopic (exact) mass is 222 g/mol. The van der Waals surface area contributed by atoms with E-state index in [0.29, 0.717) is 6.42 Å². The van der Waals surface area contributed by atoms with Crippen molar-refractivity contribution in [2.75, 3.05) is 14.2 Å². The third-order valence-electron chi connectivity index (χ3n) is 2.72. The van der Waals surface area contributed by atoms with Gasteiger partial charge >= 0.3 is 0 Å². The highest BCUT2D eigenvalue weighted by molar-refractivity contribution is 5.57. The Kier molecular flexibility index (Phi) is 4.35. The lowest BCUT2D eigenvalue weighted by Gasteiger charge is -2.19. The second-order valence-corrected chi connectivity index (χ2v) is 3.84. The normalized spacial score (nSPS) is 12.0. The van der Waals surface area contributed by atoms with Crippen LogP contribution in [0.2, 0.25) is 0 Å². The second kappa shape index (κ2) is 5.54. The minimum atomic E-state index is 0.0994. The average molecular weight is 222 g/mol. The predicted octanol–water partition coefficient (Wildman–Crippen LogP) is 2.70.